The van der Waals surface area contributed by atoms with Crippen molar-refractivity contribution in [2.75, 3.05) is 11.9 Å². The number of benzene rings is 3. The van der Waals surface area contributed by atoms with Crippen molar-refractivity contribution in [1.29, 1.82) is 0 Å². The molecule has 1 atom stereocenters. The Hall–Kier alpha value is -2.43. The lowest BCUT2D eigenvalue weighted by atomic mass is 10.00. The minimum Gasteiger partial charge on any atom is -0.332 e. The van der Waals surface area contributed by atoms with Crippen LogP contribution < -0.4 is 10.6 Å². The summed E-state index contributed by atoms with van der Waals surface area (Å²) in [6, 6.07) is 18.4. The van der Waals surface area contributed by atoms with Crippen molar-refractivity contribution in [3.05, 3.63) is 77.1 Å². The topological polar surface area (TPSA) is 45.7 Å². The van der Waals surface area contributed by atoms with Crippen LogP contribution in [0.15, 0.2) is 60.7 Å². The number of quaternary nitrogens is 1. The third-order valence-corrected chi connectivity index (χ3v) is 4.49. The van der Waals surface area contributed by atoms with Crippen molar-refractivity contribution < 1.29 is 14.5 Å². The molecule has 25 heavy (non-hydrogen) atoms. The van der Waals surface area contributed by atoms with Gasteiger partial charge in [-0.1, -0.05) is 54.1 Å². The van der Waals surface area contributed by atoms with Crippen LogP contribution in [0.4, 0.5) is 10.1 Å². The smallest absolute Gasteiger partial charge is 0.279 e. The van der Waals surface area contributed by atoms with Crippen LogP contribution in [-0.4, -0.2) is 12.5 Å². The molecule has 0 saturated heterocycles. The molecule has 1 amide bonds. The predicted molar refractivity (Wildman–Crippen MR) is 99.2 cm³/mol. The van der Waals surface area contributed by atoms with Gasteiger partial charge < -0.3 is 10.6 Å². The second-order valence-electron chi connectivity index (χ2n) is 5.97. The van der Waals surface area contributed by atoms with Gasteiger partial charge in [0.05, 0.1) is 10.7 Å². The van der Waals surface area contributed by atoms with Crippen LogP contribution in [0.1, 0.15) is 18.5 Å². The lowest BCUT2D eigenvalue weighted by molar-refractivity contribution is -0.682. The van der Waals surface area contributed by atoms with Crippen LogP contribution in [0.5, 0.6) is 0 Å². The van der Waals surface area contributed by atoms with E-state index in [1.807, 2.05) is 23.5 Å². The van der Waals surface area contributed by atoms with Crippen molar-refractivity contribution >= 4 is 34.0 Å². The summed E-state index contributed by atoms with van der Waals surface area (Å²) in [5.74, 6) is -0.611. The highest BCUT2D eigenvalue weighted by molar-refractivity contribution is 6.33. The number of rotatable bonds is 5. The molecule has 3 nitrogen and oxygen atoms in total. The fraction of sp³-hybridized carbons (Fsp3) is 0.150. The zero-order valence-electron chi connectivity index (χ0n) is 13.8. The molecule has 3 aromatic carbocycles. The molecule has 0 unspecified atom stereocenters. The van der Waals surface area contributed by atoms with E-state index in [0.717, 1.165) is 0 Å². The Labute approximate surface area is 150 Å². The molecule has 0 heterocycles. The summed E-state index contributed by atoms with van der Waals surface area (Å²) in [6.45, 7) is 2.32. The zero-order chi connectivity index (χ0) is 17.8. The lowest BCUT2D eigenvalue weighted by Crippen LogP contribution is -2.86. The van der Waals surface area contributed by atoms with Crippen LogP contribution in [0, 0.1) is 5.82 Å². The van der Waals surface area contributed by atoms with Crippen molar-refractivity contribution in [2.45, 2.75) is 13.0 Å². The highest BCUT2D eigenvalue weighted by Gasteiger charge is 2.15. The minimum absolute atomic E-state index is 0.125. The summed E-state index contributed by atoms with van der Waals surface area (Å²) in [7, 11) is 0. The van der Waals surface area contributed by atoms with Crippen LogP contribution in [0.25, 0.3) is 10.8 Å². The van der Waals surface area contributed by atoms with Gasteiger partial charge in [0, 0.05) is 5.56 Å². The molecule has 128 valence electrons. The van der Waals surface area contributed by atoms with Gasteiger partial charge in [-0.2, -0.15) is 0 Å². The standard InChI is InChI=1S/C20H18ClFN2O/c1-13(16-8-4-6-14-5-2-3-7-17(14)16)23-12-20(25)24-19-10-9-15(22)11-18(19)21/h2-11,13,23H,12H2,1H3,(H,24,25)/p+1/t13-/m1/s1. The summed E-state index contributed by atoms with van der Waals surface area (Å²) >= 11 is 5.93. The van der Waals surface area contributed by atoms with Crippen LogP contribution in [-0.2, 0) is 4.79 Å². The van der Waals surface area contributed by atoms with E-state index >= 15 is 0 Å². The summed E-state index contributed by atoms with van der Waals surface area (Å²) in [6.07, 6.45) is 0. The van der Waals surface area contributed by atoms with Crippen molar-refractivity contribution in [3.63, 3.8) is 0 Å². The van der Waals surface area contributed by atoms with E-state index in [9.17, 15) is 9.18 Å². The van der Waals surface area contributed by atoms with E-state index in [-0.39, 0.29) is 23.5 Å². The zero-order valence-corrected chi connectivity index (χ0v) is 14.6. The average molecular weight is 358 g/mol. The summed E-state index contributed by atoms with van der Waals surface area (Å²) in [5.41, 5.74) is 1.60. The highest BCUT2D eigenvalue weighted by atomic mass is 35.5. The van der Waals surface area contributed by atoms with Gasteiger partial charge in [-0.15, -0.1) is 0 Å². The Morgan fingerprint density at radius 1 is 1.16 bits per heavy atom. The minimum atomic E-state index is -0.431. The monoisotopic (exact) mass is 357 g/mol. The summed E-state index contributed by atoms with van der Waals surface area (Å²) < 4.78 is 13.1. The number of anilines is 1. The fourth-order valence-electron chi connectivity index (χ4n) is 2.85. The van der Waals surface area contributed by atoms with E-state index in [4.69, 9.17) is 11.6 Å². The largest absolute Gasteiger partial charge is 0.332 e. The van der Waals surface area contributed by atoms with Crippen LogP contribution in [0.3, 0.4) is 0 Å². The molecule has 0 aromatic heterocycles. The lowest BCUT2D eigenvalue weighted by Gasteiger charge is -2.14. The first-order valence-electron chi connectivity index (χ1n) is 8.10. The number of nitrogens with one attached hydrogen (secondary N) is 1. The molecule has 3 rings (SSSR count). The van der Waals surface area contributed by atoms with Crippen LogP contribution >= 0.6 is 11.6 Å². The van der Waals surface area contributed by atoms with Gasteiger partial charge >= 0.3 is 0 Å². The maximum absolute atomic E-state index is 13.1. The fourth-order valence-corrected chi connectivity index (χ4v) is 3.06. The Morgan fingerprint density at radius 3 is 2.72 bits per heavy atom. The number of amides is 1. The van der Waals surface area contributed by atoms with Gasteiger partial charge in [-0.3, -0.25) is 4.79 Å². The Balaban J connectivity index is 1.65. The molecule has 0 fully saturated rings. The van der Waals surface area contributed by atoms with E-state index in [1.165, 1.54) is 34.5 Å². The van der Waals surface area contributed by atoms with Crippen molar-refractivity contribution in [1.82, 2.24) is 0 Å². The SMILES string of the molecule is C[C@@H]([NH2+]CC(=O)Nc1ccc(F)cc1Cl)c1cccc2ccccc12. The van der Waals surface area contributed by atoms with E-state index in [0.29, 0.717) is 5.69 Å². The number of carbonyl (C=O) groups excluding carboxylic acids is 1. The summed E-state index contributed by atoms with van der Waals surface area (Å²) in [4.78, 5) is 12.2. The van der Waals surface area contributed by atoms with Gasteiger partial charge in [0.2, 0.25) is 0 Å². The normalized spacial score (nSPS) is 12.1. The van der Waals surface area contributed by atoms with E-state index < -0.39 is 5.82 Å². The van der Waals surface area contributed by atoms with Crippen molar-refractivity contribution in [3.8, 4) is 0 Å². The first-order chi connectivity index (χ1) is 12.0. The second kappa shape index (κ2) is 7.64. The molecule has 3 N–H and O–H groups in total. The molecule has 3 aromatic rings. The van der Waals surface area contributed by atoms with Gasteiger partial charge in [0.25, 0.3) is 5.91 Å². The van der Waals surface area contributed by atoms with E-state index in [2.05, 4.69) is 36.5 Å². The van der Waals surface area contributed by atoms with Gasteiger partial charge in [0.1, 0.15) is 11.9 Å². The molecule has 0 aliphatic heterocycles. The molecular weight excluding hydrogens is 339 g/mol. The number of halogens is 2. The Kier molecular flexibility index (Phi) is 5.31. The van der Waals surface area contributed by atoms with Crippen molar-refractivity contribution in [2.24, 2.45) is 0 Å². The number of carbonyl (C=O) groups is 1. The van der Waals surface area contributed by atoms with Gasteiger partial charge in [-0.25, -0.2) is 4.39 Å². The van der Waals surface area contributed by atoms with Crippen LogP contribution in [0.2, 0.25) is 5.02 Å². The quantitative estimate of drug-likeness (QED) is 0.714. The highest BCUT2D eigenvalue weighted by Crippen LogP contribution is 2.23. The number of nitrogens with two attached hydrogens (primary N) is 1. The molecule has 0 bridgehead atoms. The maximum Gasteiger partial charge on any atom is 0.279 e. The first-order valence-corrected chi connectivity index (χ1v) is 8.48. The maximum atomic E-state index is 13.1. The molecular formula is C20H19ClFN2O+. The number of hydrogen-bond acceptors (Lipinski definition) is 1. The van der Waals surface area contributed by atoms with Gasteiger partial charge in [-0.05, 0) is 35.9 Å². The molecule has 0 saturated carbocycles. The van der Waals surface area contributed by atoms with Gasteiger partial charge in [0.15, 0.2) is 6.54 Å². The Bertz CT molecular complexity index is 908. The molecule has 5 heteroatoms. The second-order valence-corrected chi connectivity index (χ2v) is 6.38. The molecule has 0 aliphatic carbocycles. The van der Waals surface area contributed by atoms with E-state index in [1.54, 1.807) is 0 Å². The Morgan fingerprint density at radius 2 is 1.92 bits per heavy atom. The summed E-state index contributed by atoms with van der Waals surface area (Å²) in [5, 5.41) is 7.24. The third-order valence-electron chi connectivity index (χ3n) is 4.18. The first kappa shape index (κ1) is 17.4. The predicted octanol–water partition coefficient (Wildman–Crippen LogP) is 3.90. The number of fused-ring (bicyclic) bond motifs is 1. The third kappa shape index (κ3) is 4.16. The average Bonchev–Trinajstić information content (AvgIpc) is 2.61. The number of hydrogen-bond donors (Lipinski definition) is 2. The molecule has 0 radical (unpaired) electrons. The molecule has 0 aliphatic rings. The molecule has 0 spiro atoms.